The van der Waals surface area contributed by atoms with E-state index in [-0.39, 0.29) is 0 Å². The zero-order valence-electron chi connectivity index (χ0n) is 17.2. The number of aryl methyl sites for hydroxylation is 3. The molecule has 0 spiro atoms. The summed E-state index contributed by atoms with van der Waals surface area (Å²) in [6.45, 7) is 8.64. The van der Waals surface area contributed by atoms with Crippen molar-refractivity contribution in [2.45, 2.75) is 45.7 Å². The van der Waals surface area contributed by atoms with Crippen LogP contribution in [0, 0.1) is 13.8 Å². The maximum absolute atomic E-state index is 5.49. The van der Waals surface area contributed by atoms with Crippen LogP contribution in [0.5, 0.6) is 0 Å². The normalized spacial score (nSPS) is 20.0. The van der Waals surface area contributed by atoms with E-state index in [2.05, 4.69) is 48.3 Å². The number of nitrogens with one attached hydrogen (secondary N) is 1. The van der Waals surface area contributed by atoms with E-state index in [0.29, 0.717) is 6.04 Å². The number of nitrogens with zero attached hydrogens (tertiary/aromatic N) is 3. The fraction of sp³-hybridized carbons (Fsp3) is 0.478. The fourth-order valence-electron chi connectivity index (χ4n) is 4.50. The minimum absolute atomic E-state index is 0.314. The SMILES string of the molecule is Cc1sc2nc(CN3CCOCC3)nc(N[C@@H]3CCCc4ccccc43)c2c1C. The van der Waals surface area contributed by atoms with Crippen molar-refractivity contribution in [3.63, 3.8) is 0 Å². The first-order chi connectivity index (χ1) is 14.2. The van der Waals surface area contributed by atoms with Crippen molar-refractivity contribution >= 4 is 27.4 Å². The molecule has 5 rings (SSSR count). The molecule has 5 nitrogen and oxygen atoms in total. The minimum atomic E-state index is 0.314. The molecule has 2 aromatic heterocycles. The van der Waals surface area contributed by atoms with Crippen LogP contribution in [0.2, 0.25) is 0 Å². The number of fused-ring (bicyclic) bond motifs is 2. The summed E-state index contributed by atoms with van der Waals surface area (Å²) in [6.07, 6.45) is 3.53. The van der Waals surface area contributed by atoms with Crippen molar-refractivity contribution in [1.29, 1.82) is 0 Å². The van der Waals surface area contributed by atoms with Crippen LogP contribution in [0.15, 0.2) is 24.3 Å². The maximum atomic E-state index is 5.49. The number of aromatic nitrogens is 2. The third-order valence-electron chi connectivity index (χ3n) is 6.22. The van der Waals surface area contributed by atoms with E-state index in [1.807, 2.05) is 0 Å². The highest BCUT2D eigenvalue weighted by molar-refractivity contribution is 7.18. The molecule has 0 amide bonds. The van der Waals surface area contributed by atoms with Gasteiger partial charge in [0.1, 0.15) is 16.5 Å². The van der Waals surface area contributed by atoms with Gasteiger partial charge in [0, 0.05) is 18.0 Å². The number of thiophene rings is 1. The second-order valence-electron chi connectivity index (χ2n) is 8.13. The van der Waals surface area contributed by atoms with Gasteiger partial charge in [0.05, 0.1) is 31.2 Å². The lowest BCUT2D eigenvalue weighted by atomic mass is 9.87. The molecule has 0 unspecified atom stereocenters. The molecule has 29 heavy (non-hydrogen) atoms. The molecule has 0 radical (unpaired) electrons. The summed E-state index contributed by atoms with van der Waals surface area (Å²) >= 11 is 1.78. The molecule has 1 fully saturated rings. The fourth-order valence-corrected chi connectivity index (χ4v) is 5.55. The molecule has 1 aliphatic carbocycles. The van der Waals surface area contributed by atoms with Crippen molar-refractivity contribution < 1.29 is 4.74 Å². The highest BCUT2D eigenvalue weighted by atomic mass is 32.1. The van der Waals surface area contributed by atoms with Crippen molar-refractivity contribution in [1.82, 2.24) is 14.9 Å². The van der Waals surface area contributed by atoms with Gasteiger partial charge in [0.2, 0.25) is 0 Å². The Morgan fingerprint density at radius 3 is 2.86 bits per heavy atom. The van der Waals surface area contributed by atoms with Gasteiger partial charge in [0.25, 0.3) is 0 Å². The lowest BCUT2D eigenvalue weighted by Gasteiger charge is -2.28. The number of anilines is 1. The number of ether oxygens (including phenoxy) is 1. The lowest BCUT2D eigenvalue weighted by Crippen LogP contribution is -2.36. The molecule has 2 aliphatic rings. The predicted octanol–water partition coefficient (Wildman–Crippen LogP) is 4.63. The van der Waals surface area contributed by atoms with Crippen LogP contribution in [0.3, 0.4) is 0 Å². The van der Waals surface area contributed by atoms with Crippen LogP contribution in [0.25, 0.3) is 10.2 Å². The van der Waals surface area contributed by atoms with E-state index >= 15 is 0 Å². The molecule has 1 saturated heterocycles. The Balaban J connectivity index is 1.51. The molecular formula is C23H28N4OS. The molecule has 1 atom stereocenters. The second-order valence-corrected chi connectivity index (χ2v) is 9.33. The molecule has 6 heteroatoms. The summed E-state index contributed by atoms with van der Waals surface area (Å²) in [6, 6.07) is 9.15. The zero-order chi connectivity index (χ0) is 19.8. The first-order valence-electron chi connectivity index (χ1n) is 10.6. The Hall–Kier alpha value is -2.02. The monoisotopic (exact) mass is 408 g/mol. The van der Waals surface area contributed by atoms with Crippen LogP contribution in [0.1, 0.15) is 46.3 Å². The summed E-state index contributed by atoms with van der Waals surface area (Å²) in [5.41, 5.74) is 4.19. The van der Waals surface area contributed by atoms with Crippen molar-refractivity contribution in [2.75, 3.05) is 31.6 Å². The average molecular weight is 409 g/mol. The van der Waals surface area contributed by atoms with E-state index in [9.17, 15) is 0 Å². The number of hydrogen-bond acceptors (Lipinski definition) is 6. The summed E-state index contributed by atoms with van der Waals surface area (Å²) in [4.78, 5) is 14.8. The van der Waals surface area contributed by atoms with Crippen molar-refractivity contribution in [3.8, 4) is 0 Å². The molecule has 3 heterocycles. The first-order valence-corrected chi connectivity index (χ1v) is 11.4. The third-order valence-corrected chi connectivity index (χ3v) is 7.33. The topological polar surface area (TPSA) is 50.3 Å². The van der Waals surface area contributed by atoms with Gasteiger partial charge >= 0.3 is 0 Å². The highest BCUT2D eigenvalue weighted by Crippen LogP contribution is 2.37. The molecular weight excluding hydrogens is 380 g/mol. The van der Waals surface area contributed by atoms with Gasteiger partial charge in [-0.25, -0.2) is 9.97 Å². The van der Waals surface area contributed by atoms with Crippen LogP contribution in [0.4, 0.5) is 5.82 Å². The Bertz CT molecular complexity index is 1030. The molecule has 3 aromatic rings. The van der Waals surface area contributed by atoms with Gasteiger partial charge in [0.15, 0.2) is 0 Å². The Kier molecular flexibility index (Phi) is 5.24. The van der Waals surface area contributed by atoms with Gasteiger partial charge < -0.3 is 10.1 Å². The van der Waals surface area contributed by atoms with Gasteiger partial charge in [-0.05, 0) is 49.8 Å². The average Bonchev–Trinajstić information content (AvgIpc) is 3.03. The maximum Gasteiger partial charge on any atom is 0.146 e. The van der Waals surface area contributed by atoms with Crippen LogP contribution in [-0.4, -0.2) is 41.2 Å². The van der Waals surface area contributed by atoms with Crippen molar-refractivity contribution in [2.24, 2.45) is 0 Å². The van der Waals surface area contributed by atoms with E-state index in [1.54, 1.807) is 11.3 Å². The predicted molar refractivity (Wildman–Crippen MR) is 119 cm³/mol. The minimum Gasteiger partial charge on any atom is -0.379 e. The Morgan fingerprint density at radius 2 is 2.00 bits per heavy atom. The third kappa shape index (κ3) is 3.77. The van der Waals surface area contributed by atoms with Crippen LogP contribution < -0.4 is 5.32 Å². The zero-order valence-corrected chi connectivity index (χ0v) is 18.0. The first kappa shape index (κ1) is 19.0. The van der Waals surface area contributed by atoms with Gasteiger partial charge in [-0.3, -0.25) is 4.90 Å². The molecule has 1 aromatic carbocycles. The molecule has 1 aliphatic heterocycles. The standard InChI is InChI=1S/C23H28N4OS/c1-15-16(2)29-23-21(15)22(25-20(26-23)14-27-10-12-28-13-11-27)24-19-9-5-7-17-6-3-4-8-18(17)19/h3-4,6,8,19H,5,7,9-14H2,1-2H3,(H,24,25,26)/t19-/m1/s1. The smallest absolute Gasteiger partial charge is 0.146 e. The second kappa shape index (κ2) is 8.01. The number of morpholine rings is 1. The molecule has 0 saturated carbocycles. The summed E-state index contributed by atoms with van der Waals surface area (Å²) < 4.78 is 5.49. The van der Waals surface area contributed by atoms with E-state index in [4.69, 9.17) is 14.7 Å². The van der Waals surface area contributed by atoms with E-state index < -0.39 is 0 Å². The molecule has 0 bridgehead atoms. The van der Waals surface area contributed by atoms with Gasteiger partial charge in [-0.15, -0.1) is 11.3 Å². The quantitative estimate of drug-likeness (QED) is 0.682. The summed E-state index contributed by atoms with van der Waals surface area (Å²) in [5.74, 6) is 1.91. The van der Waals surface area contributed by atoms with Crippen LogP contribution in [-0.2, 0) is 17.7 Å². The number of hydrogen-bond donors (Lipinski definition) is 1. The van der Waals surface area contributed by atoms with Crippen LogP contribution >= 0.6 is 11.3 Å². The lowest BCUT2D eigenvalue weighted by molar-refractivity contribution is 0.0331. The Labute approximate surface area is 176 Å². The summed E-state index contributed by atoms with van der Waals surface area (Å²) in [5, 5.41) is 5.02. The van der Waals surface area contributed by atoms with Gasteiger partial charge in [-0.1, -0.05) is 24.3 Å². The molecule has 1 N–H and O–H groups in total. The summed E-state index contributed by atoms with van der Waals surface area (Å²) in [7, 11) is 0. The molecule has 152 valence electrons. The van der Waals surface area contributed by atoms with E-state index in [0.717, 1.165) is 55.7 Å². The van der Waals surface area contributed by atoms with Crippen molar-refractivity contribution in [3.05, 3.63) is 51.7 Å². The van der Waals surface area contributed by atoms with E-state index in [1.165, 1.54) is 39.8 Å². The Morgan fingerprint density at radius 1 is 1.17 bits per heavy atom. The number of benzene rings is 1. The number of rotatable bonds is 4. The highest BCUT2D eigenvalue weighted by Gasteiger charge is 2.23. The van der Waals surface area contributed by atoms with Gasteiger partial charge in [-0.2, -0.15) is 0 Å². The largest absolute Gasteiger partial charge is 0.379 e.